The summed E-state index contributed by atoms with van der Waals surface area (Å²) in [5, 5.41) is 8.54. The molecule has 2 rings (SSSR count). The van der Waals surface area contributed by atoms with Crippen LogP contribution in [0.25, 0.3) is 0 Å². The number of carbonyl (C=O) groups excluding carboxylic acids is 2. The molecule has 7 nitrogen and oxygen atoms in total. The third-order valence-electron chi connectivity index (χ3n) is 2.91. The van der Waals surface area contributed by atoms with E-state index in [0.717, 1.165) is 0 Å². The van der Waals surface area contributed by atoms with Crippen molar-refractivity contribution in [3.8, 4) is 11.5 Å². The lowest BCUT2D eigenvalue weighted by Gasteiger charge is -2.12. The van der Waals surface area contributed by atoms with E-state index in [1.165, 1.54) is 31.2 Å². The van der Waals surface area contributed by atoms with Crippen molar-refractivity contribution in [2.24, 2.45) is 0 Å². The van der Waals surface area contributed by atoms with Crippen molar-refractivity contribution in [3.63, 3.8) is 0 Å². The Morgan fingerprint density at radius 1 is 0.917 bits per heavy atom. The van der Waals surface area contributed by atoms with E-state index in [9.17, 15) is 14.4 Å². The van der Waals surface area contributed by atoms with Gasteiger partial charge in [0.15, 0.2) is 6.10 Å². The van der Waals surface area contributed by atoms with Crippen LogP contribution in [0.4, 0.5) is 9.59 Å². The number of carboxylic acid groups (broad SMARTS) is 1. The third-order valence-corrected chi connectivity index (χ3v) is 2.91. The van der Waals surface area contributed by atoms with Gasteiger partial charge in [-0.1, -0.05) is 36.4 Å². The molecule has 0 fully saturated rings. The molecule has 7 heteroatoms. The molecule has 0 bridgehead atoms. The summed E-state index contributed by atoms with van der Waals surface area (Å²) in [6.45, 7) is 1.43. The van der Waals surface area contributed by atoms with Gasteiger partial charge in [0.1, 0.15) is 11.5 Å². The number of benzene rings is 2. The van der Waals surface area contributed by atoms with Gasteiger partial charge in [-0.05, 0) is 19.1 Å². The molecule has 0 saturated carbocycles. The molecule has 0 aromatic heterocycles. The highest BCUT2D eigenvalue weighted by Gasteiger charge is 2.20. The fourth-order valence-electron chi connectivity index (χ4n) is 1.86. The van der Waals surface area contributed by atoms with Gasteiger partial charge >= 0.3 is 12.3 Å². The monoisotopic (exact) mass is 330 g/mol. The quantitative estimate of drug-likeness (QED) is 0.508. The van der Waals surface area contributed by atoms with Gasteiger partial charge in [-0.15, -0.1) is 0 Å². The van der Waals surface area contributed by atoms with Crippen molar-refractivity contribution in [3.05, 3.63) is 60.2 Å². The van der Waals surface area contributed by atoms with Gasteiger partial charge in [0, 0.05) is 11.6 Å². The van der Waals surface area contributed by atoms with E-state index in [-0.39, 0.29) is 17.3 Å². The standard InChI is InChI=1S/C17H14O7/c1-11(15(18)12-6-3-2-4-7-12)22-17(21)24-14-9-5-8-13(10-14)23-16(19)20/h2-11H,1H3,(H,19,20). The van der Waals surface area contributed by atoms with Gasteiger partial charge < -0.3 is 19.3 Å². The van der Waals surface area contributed by atoms with Gasteiger partial charge in [0.25, 0.3) is 0 Å². The Morgan fingerprint density at radius 2 is 1.54 bits per heavy atom. The van der Waals surface area contributed by atoms with Crippen molar-refractivity contribution in [2.45, 2.75) is 13.0 Å². The Labute approximate surface area is 137 Å². The molecular weight excluding hydrogens is 316 g/mol. The number of hydrogen-bond donors (Lipinski definition) is 1. The summed E-state index contributed by atoms with van der Waals surface area (Å²) >= 11 is 0. The van der Waals surface area contributed by atoms with Crippen molar-refractivity contribution >= 4 is 18.1 Å². The van der Waals surface area contributed by atoms with Crippen LogP contribution >= 0.6 is 0 Å². The molecule has 0 heterocycles. The van der Waals surface area contributed by atoms with Crippen molar-refractivity contribution in [1.29, 1.82) is 0 Å². The predicted molar refractivity (Wildman–Crippen MR) is 82.4 cm³/mol. The third kappa shape index (κ3) is 4.84. The maximum atomic E-state index is 12.1. The van der Waals surface area contributed by atoms with Crippen molar-refractivity contribution in [1.82, 2.24) is 0 Å². The molecule has 0 amide bonds. The molecule has 124 valence electrons. The number of hydrogen-bond acceptors (Lipinski definition) is 6. The first-order valence-electron chi connectivity index (χ1n) is 6.94. The summed E-state index contributed by atoms with van der Waals surface area (Å²) in [6.07, 6.45) is -3.60. The number of ketones is 1. The van der Waals surface area contributed by atoms with Gasteiger partial charge in [0.2, 0.25) is 5.78 Å². The highest BCUT2D eigenvalue weighted by Crippen LogP contribution is 2.20. The SMILES string of the molecule is CC(OC(=O)Oc1cccc(OC(=O)O)c1)C(=O)c1ccccc1. The van der Waals surface area contributed by atoms with E-state index < -0.39 is 18.4 Å². The van der Waals surface area contributed by atoms with Gasteiger partial charge in [-0.25, -0.2) is 9.59 Å². The summed E-state index contributed by atoms with van der Waals surface area (Å²) in [5.74, 6) is -0.352. The molecule has 1 atom stereocenters. The zero-order valence-corrected chi connectivity index (χ0v) is 12.7. The molecule has 0 aliphatic heterocycles. The van der Waals surface area contributed by atoms with Gasteiger partial charge in [0.05, 0.1) is 0 Å². The molecule has 0 spiro atoms. The molecule has 24 heavy (non-hydrogen) atoms. The maximum Gasteiger partial charge on any atom is 0.514 e. The minimum Gasteiger partial charge on any atom is -0.449 e. The van der Waals surface area contributed by atoms with Crippen LogP contribution < -0.4 is 9.47 Å². The average Bonchev–Trinajstić information content (AvgIpc) is 2.54. The van der Waals surface area contributed by atoms with Crippen LogP contribution in [-0.2, 0) is 4.74 Å². The smallest absolute Gasteiger partial charge is 0.449 e. The van der Waals surface area contributed by atoms with Crippen LogP contribution in [0.15, 0.2) is 54.6 Å². The zero-order valence-electron chi connectivity index (χ0n) is 12.7. The highest BCUT2D eigenvalue weighted by molar-refractivity contribution is 5.99. The summed E-state index contributed by atoms with van der Waals surface area (Å²) < 4.78 is 14.3. The lowest BCUT2D eigenvalue weighted by Crippen LogP contribution is -2.26. The van der Waals surface area contributed by atoms with E-state index in [0.29, 0.717) is 5.56 Å². The molecule has 0 aliphatic carbocycles. The Bertz CT molecular complexity index is 740. The normalized spacial score (nSPS) is 11.2. The Hall–Kier alpha value is -3.35. The van der Waals surface area contributed by atoms with E-state index in [2.05, 4.69) is 4.74 Å². The fourth-order valence-corrected chi connectivity index (χ4v) is 1.86. The van der Waals surface area contributed by atoms with Crippen LogP contribution in [0, 0.1) is 0 Å². The number of Topliss-reactive ketones (excluding diaryl/α,β-unsaturated/α-hetero) is 1. The summed E-state index contributed by atoms with van der Waals surface area (Å²) in [7, 11) is 0. The summed E-state index contributed by atoms with van der Waals surface area (Å²) in [5.41, 5.74) is 0.412. The molecule has 0 saturated heterocycles. The van der Waals surface area contributed by atoms with Crippen LogP contribution in [0.2, 0.25) is 0 Å². The van der Waals surface area contributed by atoms with E-state index >= 15 is 0 Å². The maximum absolute atomic E-state index is 12.1. The van der Waals surface area contributed by atoms with E-state index in [1.54, 1.807) is 30.3 Å². The lowest BCUT2D eigenvalue weighted by molar-refractivity contribution is 0.0511. The summed E-state index contributed by atoms with van der Waals surface area (Å²) in [4.78, 5) is 34.3. The minimum atomic E-state index is -1.49. The molecule has 1 N–H and O–H groups in total. The topological polar surface area (TPSA) is 99.1 Å². The molecule has 2 aromatic rings. The second kappa shape index (κ2) is 7.77. The van der Waals surface area contributed by atoms with Crippen molar-refractivity contribution < 1.29 is 33.7 Å². The lowest BCUT2D eigenvalue weighted by atomic mass is 10.1. The molecule has 0 radical (unpaired) electrons. The first-order valence-corrected chi connectivity index (χ1v) is 6.94. The number of ether oxygens (including phenoxy) is 3. The Balaban J connectivity index is 1.95. The van der Waals surface area contributed by atoms with Crippen LogP contribution in [0.5, 0.6) is 11.5 Å². The Morgan fingerprint density at radius 3 is 2.17 bits per heavy atom. The number of rotatable bonds is 5. The summed E-state index contributed by atoms with van der Waals surface area (Å²) in [6, 6.07) is 13.8. The second-order valence-electron chi connectivity index (χ2n) is 4.69. The van der Waals surface area contributed by atoms with E-state index in [4.69, 9.17) is 14.6 Å². The molecule has 2 aromatic carbocycles. The first kappa shape index (κ1) is 17.0. The highest BCUT2D eigenvalue weighted by atomic mass is 16.7. The van der Waals surface area contributed by atoms with Crippen molar-refractivity contribution in [2.75, 3.05) is 0 Å². The average molecular weight is 330 g/mol. The molecule has 1 unspecified atom stereocenters. The van der Waals surface area contributed by atoms with Gasteiger partial charge in [-0.2, -0.15) is 0 Å². The zero-order chi connectivity index (χ0) is 17.5. The molecular formula is C17H14O7. The minimum absolute atomic E-state index is 0.0128. The Kier molecular flexibility index (Phi) is 5.51. The predicted octanol–water partition coefficient (Wildman–Crippen LogP) is 3.53. The van der Waals surface area contributed by atoms with Crippen LogP contribution in [0.1, 0.15) is 17.3 Å². The largest absolute Gasteiger partial charge is 0.514 e. The first-order chi connectivity index (χ1) is 11.5. The fraction of sp³-hybridized carbons (Fsp3) is 0.118. The number of carbonyl (C=O) groups is 3. The van der Waals surface area contributed by atoms with Crippen LogP contribution in [-0.4, -0.2) is 29.3 Å². The van der Waals surface area contributed by atoms with Gasteiger partial charge in [-0.3, -0.25) is 4.79 Å². The van der Waals surface area contributed by atoms with Crippen LogP contribution in [0.3, 0.4) is 0 Å². The molecule has 0 aliphatic rings. The van der Waals surface area contributed by atoms with E-state index in [1.807, 2.05) is 0 Å². The second-order valence-corrected chi connectivity index (χ2v) is 4.69.